The van der Waals surface area contributed by atoms with Crippen LogP contribution in [0.5, 0.6) is 0 Å². The van der Waals surface area contributed by atoms with Crippen molar-refractivity contribution in [2.24, 2.45) is 17.3 Å². The standard InChI is InChI=1S/C14H24F2O/c1-13(2)6-3-4-11(13)12(17)8-10-5-7-14(15,16)9-10/h10-12,17H,3-9H2,1-2H3. The van der Waals surface area contributed by atoms with Gasteiger partial charge in [0, 0.05) is 12.8 Å². The molecule has 0 spiro atoms. The van der Waals surface area contributed by atoms with Gasteiger partial charge in [-0.15, -0.1) is 0 Å². The molecule has 17 heavy (non-hydrogen) atoms. The third-order valence-corrected chi connectivity index (χ3v) is 4.88. The summed E-state index contributed by atoms with van der Waals surface area (Å²) in [6.07, 6.45) is 4.13. The minimum absolute atomic E-state index is 0.0123. The zero-order chi connectivity index (χ0) is 12.7. The van der Waals surface area contributed by atoms with Crippen LogP contribution in [-0.4, -0.2) is 17.1 Å². The van der Waals surface area contributed by atoms with E-state index in [9.17, 15) is 13.9 Å². The summed E-state index contributed by atoms with van der Waals surface area (Å²) in [5.41, 5.74) is 0.181. The molecule has 0 aliphatic heterocycles. The van der Waals surface area contributed by atoms with Gasteiger partial charge in [0.15, 0.2) is 0 Å². The van der Waals surface area contributed by atoms with Crippen molar-refractivity contribution in [2.75, 3.05) is 0 Å². The number of alkyl halides is 2. The molecule has 100 valence electrons. The first-order chi connectivity index (χ1) is 7.80. The Labute approximate surface area is 103 Å². The van der Waals surface area contributed by atoms with Gasteiger partial charge in [-0.25, -0.2) is 8.78 Å². The number of halogens is 2. The Kier molecular flexibility index (Phi) is 3.50. The Hall–Kier alpha value is -0.180. The fourth-order valence-electron chi connectivity index (χ4n) is 3.82. The van der Waals surface area contributed by atoms with Crippen LogP contribution in [0, 0.1) is 17.3 Å². The molecule has 0 heterocycles. The van der Waals surface area contributed by atoms with Gasteiger partial charge in [0.05, 0.1) is 6.10 Å². The molecular weight excluding hydrogens is 222 g/mol. The SMILES string of the molecule is CC1(C)CCCC1C(O)CC1CCC(F)(F)C1. The maximum absolute atomic E-state index is 13.1. The van der Waals surface area contributed by atoms with Crippen LogP contribution in [0.25, 0.3) is 0 Å². The molecule has 1 N–H and O–H groups in total. The lowest BCUT2D eigenvalue weighted by molar-refractivity contribution is -0.00302. The van der Waals surface area contributed by atoms with Crippen molar-refractivity contribution in [3.05, 3.63) is 0 Å². The highest BCUT2D eigenvalue weighted by Gasteiger charge is 2.43. The topological polar surface area (TPSA) is 20.2 Å². The fourth-order valence-corrected chi connectivity index (χ4v) is 3.82. The third kappa shape index (κ3) is 2.98. The number of rotatable bonds is 3. The molecule has 0 bridgehead atoms. The van der Waals surface area contributed by atoms with E-state index in [0.29, 0.717) is 18.8 Å². The molecule has 3 heteroatoms. The average Bonchev–Trinajstić information content (AvgIpc) is 2.68. The van der Waals surface area contributed by atoms with Crippen molar-refractivity contribution < 1.29 is 13.9 Å². The van der Waals surface area contributed by atoms with E-state index in [1.807, 2.05) is 0 Å². The number of aliphatic hydroxyl groups is 1. The summed E-state index contributed by atoms with van der Waals surface area (Å²) < 4.78 is 26.2. The van der Waals surface area contributed by atoms with Gasteiger partial charge < -0.3 is 5.11 Å². The summed E-state index contributed by atoms with van der Waals surface area (Å²) in [6, 6.07) is 0. The zero-order valence-electron chi connectivity index (χ0n) is 10.9. The highest BCUT2D eigenvalue weighted by atomic mass is 19.3. The molecule has 0 aromatic heterocycles. The lowest BCUT2D eigenvalue weighted by Crippen LogP contribution is -2.31. The van der Waals surface area contributed by atoms with Crippen LogP contribution >= 0.6 is 0 Å². The number of hydrogen-bond donors (Lipinski definition) is 1. The predicted octanol–water partition coefficient (Wildman–Crippen LogP) is 4.00. The van der Waals surface area contributed by atoms with Crippen molar-refractivity contribution >= 4 is 0 Å². The Morgan fingerprint density at radius 1 is 1.24 bits per heavy atom. The Morgan fingerprint density at radius 2 is 1.94 bits per heavy atom. The van der Waals surface area contributed by atoms with Crippen LogP contribution in [0.1, 0.15) is 58.8 Å². The maximum atomic E-state index is 13.1. The van der Waals surface area contributed by atoms with E-state index < -0.39 is 5.92 Å². The van der Waals surface area contributed by atoms with E-state index in [1.165, 1.54) is 0 Å². The number of hydrogen-bond acceptors (Lipinski definition) is 1. The van der Waals surface area contributed by atoms with E-state index in [4.69, 9.17) is 0 Å². The first-order valence-corrected chi connectivity index (χ1v) is 6.86. The van der Waals surface area contributed by atoms with Crippen LogP contribution in [-0.2, 0) is 0 Å². The number of aliphatic hydroxyl groups excluding tert-OH is 1. The lowest BCUT2D eigenvalue weighted by Gasteiger charge is -2.32. The molecular formula is C14H24F2O. The molecule has 0 radical (unpaired) electrons. The lowest BCUT2D eigenvalue weighted by atomic mass is 9.76. The predicted molar refractivity (Wildman–Crippen MR) is 64.0 cm³/mol. The Balaban J connectivity index is 1.87. The van der Waals surface area contributed by atoms with Gasteiger partial charge in [-0.3, -0.25) is 0 Å². The summed E-state index contributed by atoms with van der Waals surface area (Å²) in [7, 11) is 0. The third-order valence-electron chi connectivity index (χ3n) is 4.88. The molecule has 2 rings (SSSR count). The summed E-state index contributed by atoms with van der Waals surface area (Å²) in [5, 5.41) is 10.3. The fraction of sp³-hybridized carbons (Fsp3) is 1.00. The molecule has 3 atom stereocenters. The Bertz CT molecular complexity index is 275. The molecule has 2 aliphatic rings. The van der Waals surface area contributed by atoms with Crippen LogP contribution in [0.3, 0.4) is 0 Å². The van der Waals surface area contributed by atoms with Crippen molar-refractivity contribution in [3.8, 4) is 0 Å². The van der Waals surface area contributed by atoms with Crippen molar-refractivity contribution in [1.82, 2.24) is 0 Å². The molecule has 2 saturated carbocycles. The zero-order valence-corrected chi connectivity index (χ0v) is 10.9. The Morgan fingerprint density at radius 3 is 2.41 bits per heavy atom. The molecule has 0 aromatic rings. The van der Waals surface area contributed by atoms with Gasteiger partial charge in [-0.2, -0.15) is 0 Å². The van der Waals surface area contributed by atoms with Crippen LogP contribution in [0.15, 0.2) is 0 Å². The van der Waals surface area contributed by atoms with Gasteiger partial charge in [0.1, 0.15) is 0 Å². The molecule has 0 saturated heterocycles. The van der Waals surface area contributed by atoms with Gasteiger partial charge in [0.25, 0.3) is 0 Å². The smallest absolute Gasteiger partial charge is 0.248 e. The first kappa shape index (κ1) is 13.3. The van der Waals surface area contributed by atoms with Gasteiger partial charge in [-0.1, -0.05) is 20.3 Å². The average molecular weight is 246 g/mol. The van der Waals surface area contributed by atoms with Crippen LogP contribution < -0.4 is 0 Å². The molecule has 3 unspecified atom stereocenters. The van der Waals surface area contributed by atoms with Gasteiger partial charge in [0.2, 0.25) is 5.92 Å². The maximum Gasteiger partial charge on any atom is 0.248 e. The summed E-state index contributed by atoms with van der Waals surface area (Å²) in [4.78, 5) is 0. The van der Waals surface area contributed by atoms with Crippen LogP contribution in [0.2, 0.25) is 0 Å². The van der Waals surface area contributed by atoms with Crippen molar-refractivity contribution in [3.63, 3.8) is 0 Å². The van der Waals surface area contributed by atoms with Crippen molar-refractivity contribution in [1.29, 1.82) is 0 Å². The van der Waals surface area contributed by atoms with Gasteiger partial charge >= 0.3 is 0 Å². The normalized spacial score (nSPS) is 37.2. The summed E-state index contributed by atoms with van der Waals surface area (Å²) in [6.45, 7) is 4.38. The van der Waals surface area contributed by atoms with E-state index in [1.54, 1.807) is 0 Å². The second kappa shape index (κ2) is 4.49. The molecule has 2 aliphatic carbocycles. The molecule has 0 aromatic carbocycles. The monoisotopic (exact) mass is 246 g/mol. The van der Waals surface area contributed by atoms with E-state index in [0.717, 1.165) is 19.3 Å². The summed E-state index contributed by atoms with van der Waals surface area (Å²) in [5.74, 6) is -2.15. The highest BCUT2D eigenvalue weighted by Crippen LogP contribution is 2.47. The van der Waals surface area contributed by atoms with Gasteiger partial charge in [-0.05, 0) is 42.9 Å². The first-order valence-electron chi connectivity index (χ1n) is 6.86. The molecule has 0 amide bonds. The quantitative estimate of drug-likeness (QED) is 0.798. The minimum Gasteiger partial charge on any atom is -0.393 e. The van der Waals surface area contributed by atoms with E-state index in [2.05, 4.69) is 13.8 Å². The van der Waals surface area contributed by atoms with E-state index >= 15 is 0 Å². The van der Waals surface area contributed by atoms with Crippen molar-refractivity contribution in [2.45, 2.75) is 70.8 Å². The second-order valence-electron chi connectivity index (χ2n) is 6.76. The molecule has 2 fully saturated rings. The largest absolute Gasteiger partial charge is 0.393 e. The highest BCUT2D eigenvalue weighted by molar-refractivity contribution is 4.91. The summed E-state index contributed by atoms with van der Waals surface area (Å²) >= 11 is 0. The second-order valence-corrected chi connectivity index (χ2v) is 6.76. The molecule has 1 nitrogen and oxygen atoms in total. The minimum atomic E-state index is -2.48. The van der Waals surface area contributed by atoms with Crippen LogP contribution in [0.4, 0.5) is 8.78 Å². The van der Waals surface area contributed by atoms with E-state index in [-0.39, 0.29) is 30.3 Å².